The van der Waals surface area contributed by atoms with Gasteiger partial charge in [0.2, 0.25) is 12.2 Å². The van der Waals surface area contributed by atoms with Gasteiger partial charge in [-0.25, -0.2) is 0 Å². The van der Waals surface area contributed by atoms with Crippen LogP contribution in [-0.2, 0) is 16.0 Å². The Morgan fingerprint density at radius 3 is 2.55 bits per heavy atom. The number of carbonyl (C=O) groups excluding carboxylic acids is 2. The molecule has 1 amide bonds. The number of hydrogen-bond donors (Lipinski definition) is 3. The number of benzene rings is 1. The summed E-state index contributed by atoms with van der Waals surface area (Å²) >= 11 is 0. The molecule has 0 aliphatic carbocycles. The third-order valence-electron chi connectivity index (χ3n) is 3.05. The van der Waals surface area contributed by atoms with Gasteiger partial charge in [0.05, 0.1) is 12.1 Å². The zero-order valence-electron chi connectivity index (χ0n) is 11.5. The molecule has 0 aliphatic rings. The Balaban J connectivity index is 2.43. The van der Waals surface area contributed by atoms with E-state index in [1.54, 1.807) is 0 Å². The Hall–Kier alpha value is -1.72. The highest BCUT2D eigenvalue weighted by atomic mass is 16.2. The van der Waals surface area contributed by atoms with Crippen molar-refractivity contribution in [1.82, 2.24) is 5.32 Å². The van der Waals surface area contributed by atoms with Crippen molar-refractivity contribution in [2.75, 3.05) is 6.54 Å². The van der Waals surface area contributed by atoms with E-state index in [0.29, 0.717) is 19.4 Å². The van der Waals surface area contributed by atoms with Crippen LogP contribution >= 0.6 is 0 Å². The molecule has 2 atom stereocenters. The lowest BCUT2D eigenvalue weighted by Crippen LogP contribution is -2.46. The number of amides is 1. The van der Waals surface area contributed by atoms with Crippen LogP contribution in [0.2, 0.25) is 0 Å². The summed E-state index contributed by atoms with van der Waals surface area (Å²) in [7, 11) is 0. The molecule has 0 heterocycles. The largest absolute Gasteiger partial charge is 0.344 e. The van der Waals surface area contributed by atoms with Gasteiger partial charge in [0.15, 0.2) is 0 Å². The van der Waals surface area contributed by atoms with Crippen molar-refractivity contribution >= 4 is 12.2 Å². The molecular formula is C15H22N3O2. The summed E-state index contributed by atoms with van der Waals surface area (Å²) in [5, 5.41) is 2.62. The molecule has 0 saturated carbocycles. The smallest absolute Gasteiger partial charge is 0.237 e. The summed E-state index contributed by atoms with van der Waals surface area (Å²) in [6.07, 6.45) is 4.48. The number of nitrogens with one attached hydrogen (secondary N) is 1. The first-order valence-corrected chi connectivity index (χ1v) is 6.85. The van der Waals surface area contributed by atoms with Crippen molar-refractivity contribution in [3.8, 4) is 0 Å². The molecule has 5 nitrogen and oxygen atoms in total. The van der Waals surface area contributed by atoms with Gasteiger partial charge in [-0.2, -0.15) is 0 Å². The van der Waals surface area contributed by atoms with Gasteiger partial charge in [-0.3, -0.25) is 9.59 Å². The number of carbonyl (C=O) groups is 1. The number of hydrogen-bond acceptors (Lipinski definition) is 4. The van der Waals surface area contributed by atoms with Crippen LogP contribution < -0.4 is 16.8 Å². The molecule has 0 fully saturated rings. The van der Waals surface area contributed by atoms with Gasteiger partial charge in [-0.05, 0) is 24.9 Å². The van der Waals surface area contributed by atoms with Crippen LogP contribution in [0.25, 0.3) is 0 Å². The lowest BCUT2D eigenvalue weighted by Gasteiger charge is -2.16. The van der Waals surface area contributed by atoms with Crippen molar-refractivity contribution in [1.29, 1.82) is 0 Å². The zero-order valence-corrected chi connectivity index (χ0v) is 11.5. The van der Waals surface area contributed by atoms with Gasteiger partial charge in [0, 0.05) is 6.42 Å². The molecule has 0 aromatic heterocycles. The minimum absolute atomic E-state index is 0.314. The average molecular weight is 276 g/mol. The van der Waals surface area contributed by atoms with E-state index in [2.05, 4.69) is 5.32 Å². The predicted molar refractivity (Wildman–Crippen MR) is 78.7 cm³/mol. The van der Waals surface area contributed by atoms with Crippen LogP contribution in [-0.4, -0.2) is 30.8 Å². The second kappa shape index (κ2) is 9.23. The number of unbranched alkanes of at least 4 members (excludes halogenated alkanes) is 1. The SMILES string of the molecule is NCCCC[C@H](N)C(=O)N[C@H]([C]=O)Cc1ccccc1. The Labute approximate surface area is 119 Å². The molecular weight excluding hydrogens is 254 g/mol. The van der Waals surface area contributed by atoms with E-state index in [1.807, 2.05) is 36.6 Å². The molecule has 0 aliphatic heterocycles. The molecule has 20 heavy (non-hydrogen) atoms. The van der Waals surface area contributed by atoms with E-state index in [0.717, 1.165) is 18.4 Å². The molecule has 0 spiro atoms. The first kappa shape index (κ1) is 16.3. The maximum atomic E-state index is 11.9. The molecule has 1 radical (unpaired) electrons. The fourth-order valence-corrected chi connectivity index (χ4v) is 1.89. The van der Waals surface area contributed by atoms with Gasteiger partial charge in [0.1, 0.15) is 0 Å². The van der Waals surface area contributed by atoms with E-state index in [4.69, 9.17) is 11.5 Å². The fourth-order valence-electron chi connectivity index (χ4n) is 1.89. The summed E-state index contributed by atoms with van der Waals surface area (Å²) in [5.74, 6) is -0.314. The maximum absolute atomic E-state index is 11.9. The normalized spacial score (nSPS) is 13.5. The van der Waals surface area contributed by atoms with E-state index >= 15 is 0 Å². The first-order chi connectivity index (χ1) is 9.67. The van der Waals surface area contributed by atoms with Crippen LogP contribution in [0.1, 0.15) is 24.8 Å². The van der Waals surface area contributed by atoms with Crippen molar-refractivity contribution in [2.24, 2.45) is 11.5 Å². The highest BCUT2D eigenvalue weighted by Crippen LogP contribution is 2.03. The number of nitrogens with two attached hydrogens (primary N) is 2. The third-order valence-corrected chi connectivity index (χ3v) is 3.05. The van der Waals surface area contributed by atoms with Gasteiger partial charge in [0.25, 0.3) is 0 Å². The topological polar surface area (TPSA) is 98.2 Å². The molecule has 0 unspecified atom stereocenters. The summed E-state index contributed by atoms with van der Waals surface area (Å²) < 4.78 is 0. The van der Waals surface area contributed by atoms with E-state index in [9.17, 15) is 9.59 Å². The number of rotatable bonds is 9. The molecule has 1 rings (SSSR count). The highest BCUT2D eigenvalue weighted by Gasteiger charge is 2.18. The molecule has 0 saturated heterocycles. The second-order valence-corrected chi connectivity index (χ2v) is 4.76. The van der Waals surface area contributed by atoms with Gasteiger partial charge < -0.3 is 16.8 Å². The average Bonchev–Trinajstić information content (AvgIpc) is 2.47. The molecule has 109 valence electrons. The van der Waals surface area contributed by atoms with Gasteiger partial charge in [-0.15, -0.1) is 0 Å². The molecule has 1 aromatic rings. The monoisotopic (exact) mass is 276 g/mol. The Morgan fingerprint density at radius 1 is 1.25 bits per heavy atom. The Bertz CT molecular complexity index is 409. The van der Waals surface area contributed by atoms with Gasteiger partial charge >= 0.3 is 0 Å². The molecule has 5 heteroatoms. The van der Waals surface area contributed by atoms with Gasteiger partial charge in [-0.1, -0.05) is 36.8 Å². The van der Waals surface area contributed by atoms with Crippen molar-refractivity contribution in [3.63, 3.8) is 0 Å². The van der Waals surface area contributed by atoms with E-state index in [1.165, 1.54) is 0 Å². The Morgan fingerprint density at radius 2 is 1.95 bits per heavy atom. The summed E-state index contributed by atoms with van der Waals surface area (Å²) in [4.78, 5) is 22.8. The summed E-state index contributed by atoms with van der Waals surface area (Å²) in [5.41, 5.74) is 12.1. The molecule has 5 N–H and O–H groups in total. The lowest BCUT2D eigenvalue weighted by molar-refractivity contribution is -0.122. The van der Waals surface area contributed by atoms with Crippen molar-refractivity contribution < 1.29 is 9.59 Å². The predicted octanol–water partition coefficient (Wildman–Crippen LogP) is 0.280. The quantitative estimate of drug-likeness (QED) is 0.564. The zero-order chi connectivity index (χ0) is 14.8. The van der Waals surface area contributed by atoms with Crippen LogP contribution in [0.5, 0.6) is 0 Å². The van der Waals surface area contributed by atoms with E-state index < -0.39 is 12.1 Å². The van der Waals surface area contributed by atoms with Crippen LogP contribution in [0.15, 0.2) is 30.3 Å². The standard InChI is InChI=1S/C15H22N3O2/c16-9-5-4-8-14(17)15(20)18-13(11-19)10-12-6-2-1-3-7-12/h1-3,6-7,13-14H,4-5,8-10,16-17H2,(H,18,20)/t13-,14-/m0/s1. The second-order valence-electron chi connectivity index (χ2n) is 4.76. The van der Waals surface area contributed by atoms with Crippen LogP contribution in [0.3, 0.4) is 0 Å². The molecule has 1 aromatic carbocycles. The lowest BCUT2D eigenvalue weighted by atomic mass is 10.1. The third kappa shape index (κ3) is 5.95. The molecule has 0 bridgehead atoms. The van der Waals surface area contributed by atoms with Crippen LogP contribution in [0.4, 0.5) is 0 Å². The van der Waals surface area contributed by atoms with Crippen molar-refractivity contribution in [2.45, 2.75) is 37.8 Å². The van der Waals surface area contributed by atoms with Crippen molar-refractivity contribution in [3.05, 3.63) is 35.9 Å². The Kier molecular flexibility index (Phi) is 7.54. The van der Waals surface area contributed by atoms with Crippen LogP contribution in [0, 0.1) is 0 Å². The minimum atomic E-state index is -0.662. The summed E-state index contributed by atoms with van der Waals surface area (Å²) in [6.45, 7) is 0.590. The fraction of sp³-hybridized carbons (Fsp3) is 0.467. The first-order valence-electron chi connectivity index (χ1n) is 6.85. The minimum Gasteiger partial charge on any atom is -0.344 e. The summed E-state index contributed by atoms with van der Waals surface area (Å²) in [6, 6.07) is 8.21. The maximum Gasteiger partial charge on any atom is 0.237 e. The highest BCUT2D eigenvalue weighted by molar-refractivity contribution is 5.84. The van der Waals surface area contributed by atoms with E-state index in [-0.39, 0.29) is 5.91 Å².